The van der Waals surface area contributed by atoms with E-state index in [1.807, 2.05) is 18.4 Å². The van der Waals surface area contributed by atoms with Gasteiger partial charge in [0.05, 0.1) is 10.6 Å². The van der Waals surface area contributed by atoms with E-state index < -0.39 is 9.84 Å². The normalized spacial score (nSPS) is 15.6. The Balaban J connectivity index is 1.99. The topological polar surface area (TPSA) is 79.3 Å². The maximum atomic E-state index is 11.6. The Labute approximate surface area is 152 Å². The molecule has 0 saturated heterocycles. The van der Waals surface area contributed by atoms with Crippen LogP contribution >= 0.6 is 11.8 Å². The number of nitrogens with zero attached hydrogens (tertiary/aromatic N) is 1. The molecule has 0 amide bonds. The van der Waals surface area contributed by atoms with Crippen LogP contribution < -0.4 is 5.48 Å². The molecule has 1 saturated carbocycles. The van der Waals surface area contributed by atoms with Crippen molar-refractivity contribution in [3.8, 4) is 0 Å². The summed E-state index contributed by atoms with van der Waals surface area (Å²) in [5.74, 6) is 0.576. The molecule has 1 heterocycles. The lowest BCUT2D eigenvalue weighted by molar-refractivity contribution is 0.225. The van der Waals surface area contributed by atoms with Gasteiger partial charge in [0.2, 0.25) is 0 Å². The van der Waals surface area contributed by atoms with Crippen LogP contribution in [0.25, 0.3) is 10.6 Å². The molecule has 0 spiro atoms. The van der Waals surface area contributed by atoms with E-state index in [2.05, 4.69) is 10.5 Å². The lowest BCUT2D eigenvalue weighted by Crippen LogP contribution is -2.08. The van der Waals surface area contributed by atoms with E-state index in [4.69, 9.17) is 0 Å². The van der Waals surface area contributed by atoms with Crippen LogP contribution in [0.5, 0.6) is 0 Å². The van der Waals surface area contributed by atoms with Gasteiger partial charge >= 0.3 is 0 Å². The van der Waals surface area contributed by atoms with E-state index in [0.717, 1.165) is 21.7 Å². The summed E-state index contributed by atoms with van der Waals surface area (Å²) in [6.07, 6.45) is 7.23. The summed E-state index contributed by atoms with van der Waals surface area (Å²) >= 11 is 1.47. The number of pyridine rings is 1. The summed E-state index contributed by atoms with van der Waals surface area (Å²) in [5, 5.41) is 9.67. The van der Waals surface area contributed by atoms with Crippen molar-refractivity contribution in [2.45, 2.75) is 23.7 Å². The largest absolute Gasteiger partial charge is 0.291 e. The SMILES string of the molecule is CS/C(=C(\NO)c1ccc(C2CC2)nc1)c1ccc(S(C)(=O)=O)cc1. The van der Waals surface area contributed by atoms with Crippen LogP contribution in [0, 0.1) is 0 Å². The maximum absolute atomic E-state index is 11.6. The average molecular weight is 377 g/mol. The number of hydrogen-bond donors (Lipinski definition) is 2. The van der Waals surface area contributed by atoms with E-state index in [1.165, 1.54) is 30.9 Å². The molecule has 1 aliphatic rings. The van der Waals surface area contributed by atoms with Gasteiger partial charge < -0.3 is 0 Å². The van der Waals surface area contributed by atoms with Crippen LogP contribution in [0.4, 0.5) is 0 Å². The summed E-state index contributed by atoms with van der Waals surface area (Å²) in [7, 11) is -3.23. The van der Waals surface area contributed by atoms with Crippen molar-refractivity contribution >= 4 is 32.2 Å². The molecule has 7 heteroatoms. The van der Waals surface area contributed by atoms with Crippen LogP contribution in [-0.4, -0.2) is 31.1 Å². The zero-order valence-electron chi connectivity index (χ0n) is 14.1. The zero-order chi connectivity index (χ0) is 18.0. The van der Waals surface area contributed by atoms with Gasteiger partial charge in [-0.3, -0.25) is 15.7 Å². The Kier molecular flexibility index (Phi) is 5.17. The number of nitrogens with one attached hydrogen (secondary N) is 1. The van der Waals surface area contributed by atoms with Crippen molar-refractivity contribution in [3.05, 3.63) is 59.4 Å². The van der Waals surface area contributed by atoms with Crippen LogP contribution in [-0.2, 0) is 9.84 Å². The van der Waals surface area contributed by atoms with Gasteiger partial charge in [-0.2, -0.15) is 0 Å². The first-order valence-electron chi connectivity index (χ1n) is 7.89. The summed E-state index contributed by atoms with van der Waals surface area (Å²) in [4.78, 5) is 5.57. The van der Waals surface area contributed by atoms with E-state index in [1.54, 1.807) is 30.5 Å². The van der Waals surface area contributed by atoms with Gasteiger partial charge in [-0.15, -0.1) is 11.8 Å². The first-order valence-corrected chi connectivity index (χ1v) is 11.0. The van der Waals surface area contributed by atoms with Crippen LogP contribution in [0.2, 0.25) is 0 Å². The minimum absolute atomic E-state index is 0.269. The third-order valence-electron chi connectivity index (χ3n) is 4.16. The Bertz CT molecular complexity index is 885. The predicted octanol–water partition coefficient (Wildman–Crippen LogP) is 3.53. The third kappa shape index (κ3) is 4.05. The highest BCUT2D eigenvalue weighted by Crippen LogP contribution is 2.39. The van der Waals surface area contributed by atoms with Crippen molar-refractivity contribution in [1.29, 1.82) is 0 Å². The fraction of sp³-hybridized carbons (Fsp3) is 0.278. The van der Waals surface area contributed by atoms with Crippen molar-refractivity contribution < 1.29 is 13.6 Å². The van der Waals surface area contributed by atoms with E-state index in [9.17, 15) is 13.6 Å². The third-order valence-corrected chi connectivity index (χ3v) is 6.13. The summed E-state index contributed by atoms with van der Waals surface area (Å²) in [5.41, 5.74) is 5.52. The standard InChI is InChI=1S/C18H20N2O3S2/c1-24-18(13-5-8-15(9-6-13)25(2,22)23)17(20-21)14-7-10-16(19-11-14)12-3-4-12/h5-12,20-21H,3-4H2,1-2H3/b18-17-. The molecule has 5 nitrogen and oxygen atoms in total. The molecule has 0 unspecified atom stereocenters. The molecule has 1 aliphatic carbocycles. The van der Waals surface area contributed by atoms with Gasteiger partial charge in [0.25, 0.3) is 0 Å². The molecule has 1 fully saturated rings. The van der Waals surface area contributed by atoms with Crippen LogP contribution in [0.15, 0.2) is 47.5 Å². The van der Waals surface area contributed by atoms with Crippen molar-refractivity contribution in [2.75, 3.05) is 12.5 Å². The Morgan fingerprint density at radius 1 is 1.16 bits per heavy atom. The zero-order valence-corrected chi connectivity index (χ0v) is 15.7. The molecule has 1 aromatic carbocycles. The molecule has 2 aromatic rings. The molecule has 0 atom stereocenters. The van der Waals surface area contributed by atoms with Gasteiger partial charge in [-0.05, 0) is 48.9 Å². The molecule has 0 aliphatic heterocycles. The minimum Gasteiger partial charge on any atom is -0.291 e. The van der Waals surface area contributed by atoms with Crippen LogP contribution in [0.3, 0.4) is 0 Å². The maximum Gasteiger partial charge on any atom is 0.175 e. The predicted molar refractivity (Wildman–Crippen MR) is 101 cm³/mol. The van der Waals surface area contributed by atoms with Gasteiger partial charge in [0, 0.05) is 34.5 Å². The second-order valence-corrected chi connectivity index (χ2v) is 8.89. The number of sulfone groups is 1. The summed E-state index contributed by atoms with van der Waals surface area (Å²) in [6, 6.07) is 10.6. The van der Waals surface area contributed by atoms with Crippen LogP contribution in [0.1, 0.15) is 35.6 Å². The number of aromatic nitrogens is 1. The molecular formula is C18H20N2O3S2. The van der Waals surface area contributed by atoms with Crippen molar-refractivity contribution in [3.63, 3.8) is 0 Å². The molecule has 25 heavy (non-hydrogen) atoms. The smallest absolute Gasteiger partial charge is 0.175 e. The Morgan fingerprint density at radius 3 is 2.24 bits per heavy atom. The average Bonchev–Trinajstić information content (AvgIpc) is 3.44. The fourth-order valence-corrected chi connectivity index (χ4v) is 4.01. The minimum atomic E-state index is -3.23. The van der Waals surface area contributed by atoms with Crippen molar-refractivity contribution in [1.82, 2.24) is 10.5 Å². The van der Waals surface area contributed by atoms with Crippen molar-refractivity contribution in [2.24, 2.45) is 0 Å². The Morgan fingerprint density at radius 2 is 1.80 bits per heavy atom. The Hall–Kier alpha value is -1.83. The highest BCUT2D eigenvalue weighted by molar-refractivity contribution is 8.07. The molecular weight excluding hydrogens is 356 g/mol. The summed E-state index contributed by atoms with van der Waals surface area (Å²) in [6.45, 7) is 0. The molecule has 1 aromatic heterocycles. The summed E-state index contributed by atoms with van der Waals surface area (Å²) < 4.78 is 23.2. The monoisotopic (exact) mass is 376 g/mol. The number of rotatable bonds is 6. The van der Waals surface area contributed by atoms with E-state index in [-0.39, 0.29) is 4.90 Å². The highest BCUT2D eigenvalue weighted by atomic mass is 32.2. The number of hydroxylamine groups is 1. The molecule has 2 N–H and O–H groups in total. The van der Waals surface area contributed by atoms with E-state index in [0.29, 0.717) is 11.6 Å². The quantitative estimate of drug-likeness (QED) is 0.751. The lowest BCUT2D eigenvalue weighted by Gasteiger charge is -2.14. The van der Waals surface area contributed by atoms with Gasteiger partial charge in [0.15, 0.2) is 9.84 Å². The van der Waals surface area contributed by atoms with E-state index >= 15 is 0 Å². The molecule has 132 valence electrons. The van der Waals surface area contributed by atoms with Gasteiger partial charge in [-0.1, -0.05) is 12.1 Å². The molecule has 0 bridgehead atoms. The van der Waals surface area contributed by atoms with Gasteiger partial charge in [-0.25, -0.2) is 8.42 Å². The fourth-order valence-electron chi connectivity index (χ4n) is 2.64. The van der Waals surface area contributed by atoms with Gasteiger partial charge in [0.1, 0.15) is 0 Å². The highest BCUT2D eigenvalue weighted by Gasteiger charge is 2.24. The second kappa shape index (κ2) is 7.19. The first-order chi connectivity index (χ1) is 11.9. The number of hydrogen-bond acceptors (Lipinski definition) is 6. The number of benzene rings is 1. The first kappa shape index (κ1) is 18.0. The second-order valence-electron chi connectivity index (χ2n) is 6.06. The lowest BCUT2D eigenvalue weighted by atomic mass is 10.1. The molecule has 0 radical (unpaired) electrons. The molecule has 3 rings (SSSR count). The number of thioether (sulfide) groups is 1.